The fourth-order valence-corrected chi connectivity index (χ4v) is 4.23. The van der Waals surface area contributed by atoms with Gasteiger partial charge in [-0.3, -0.25) is 0 Å². The van der Waals surface area contributed by atoms with Crippen molar-refractivity contribution in [1.29, 1.82) is 0 Å². The zero-order chi connectivity index (χ0) is 17.7. The lowest BCUT2D eigenvalue weighted by Gasteiger charge is -2.30. The number of aryl methyl sites for hydroxylation is 1. The van der Waals surface area contributed by atoms with Gasteiger partial charge in [-0.2, -0.15) is 13.2 Å². The molecule has 1 aliphatic rings. The Bertz CT molecular complexity index is 904. The van der Waals surface area contributed by atoms with E-state index in [9.17, 15) is 18.3 Å². The van der Waals surface area contributed by atoms with E-state index in [0.29, 0.717) is 16.6 Å². The third-order valence-electron chi connectivity index (χ3n) is 4.48. The van der Waals surface area contributed by atoms with Gasteiger partial charge in [-0.1, -0.05) is 24.3 Å². The minimum absolute atomic E-state index is 0.193. The first-order chi connectivity index (χ1) is 11.9. The summed E-state index contributed by atoms with van der Waals surface area (Å²) in [6.07, 6.45) is -3.34. The molecule has 0 fully saturated rings. The molecular weight excluding hydrogens is 349 g/mol. The highest BCUT2D eigenvalue weighted by molar-refractivity contribution is 7.18. The summed E-state index contributed by atoms with van der Waals surface area (Å²) in [4.78, 5) is 4.07. The smallest absolute Gasteiger partial charge is 0.385 e. The summed E-state index contributed by atoms with van der Waals surface area (Å²) in [7, 11) is 0. The van der Waals surface area contributed by atoms with Crippen molar-refractivity contribution in [2.45, 2.75) is 24.6 Å². The van der Waals surface area contributed by atoms with Crippen LogP contribution < -0.4 is 5.32 Å². The summed E-state index contributed by atoms with van der Waals surface area (Å²) in [5.41, 5.74) is -1.26. The predicted molar refractivity (Wildman–Crippen MR) is 91.9 cm³/mol. The van der Waals surface area contributed by atoms with Gasteiger partial charge in [0.25, 0.3) is 0 Å². The van der Waals surface area contributed by atoms with Crippen molar-refractivity contribution in [3.8, 4) is 0 Å². The highest BCUT2D eigenvalue weighted by Gasteiger charge is 2.58. The van der Waals surface area contributed by atoms with Crippen LogP contribution in [-0.4, -0.2) is 22.8 Å². The summed E-state index contributed by atoms with van der Waals surface area (Å²) in [5, 5.41) is 13.6. The molecule has 4 rings (SSSR count). The molecule has 0 saturated carbocycles. The van der Waals surface area contributed by atoms with E-state index in [-0.39, 0.29) is 10.6 Å². The Labute approximate surface area is 146 Å². The average Bonchev–Trinajstić information content (AvgIpc) is 3.04. The normalized spacial score (nSPS) is 17.0. The third kappa shape index (κ3) is 2.58. The maximum Gasteiger partial charge on any atom is 0.428 e. The number of thiazole rings is 1. The number of nitrogens with one attached hydrogen (secondary N) is 1. The Hall–Kier alpha value is -2.12. The average molecular weight is 364 g/mol. The van der Waals surface area contributed by atoms with Crippen LogP contribution in [0.15, 0.2) is 42.5 Å². The number of halogens is 3. The van der Waals surface area contributed by atoms with Crippen molar-refractivity contribution in [3.05, 3.63) is 58.6 Å². The molecule has 3 aromatic rings. The Morgan fingerprint density at radius 3 is 2.68 bits per heavy atom. The molecule has 3 nitrogen and oxygen atoms in total. The Morgan fingerprint density at radius 2 is 1.92 bits per heavy atom. The molecule has 2 N–H and O–H groups in total. The molecule has 0 radical (unpaired) electrons. The van der Waals surface area contributed by atoms with E-state index in [4.69, 9.17) is 0 Å². The van der Waals surface area contributed by atoms with Crippen LogP contribution in [0, 0.1) is 0 Å². The van der Waals surface area contributed by atoms with E-state index in [1.807, 2.05) is 0 Å². The van der Waals surface area contributed by atoms with Crippen molar-refractivity contribution in [2.24, 2.45) is 0 Å². The standard InChI is InChI=1S/C18H15F3N2OS/c19-18(20,21)17(24,16-23-14-5-1-2-6-15(14)25-16)12-7-8-13-11(10-12)4-3-9-22-13/h1-2,5-8,10,22,24H,3-4,9H2/t17-/m1/s1. The molecule has 0 aliphatic carbocycles. The van der Waals surface area contributed by atoms with Gasteiger partial charge in [0.15, 0.2) is 0 Å². The van der Waals surface area contributed by atoms with Crippen LogP contribution in [0.3, 0.4) is 0 Å². The van der Waals surface area contributed by atoms with Gasteiger partial charge in [0.2, 0.25) is 5.60 Å². The van der Waals surface area contributed by atoms with Gasteiger partial charge in [0.05, 0.1) is 10.2 Å². The number of fused-ring (bicyclic) bond motifs is 2. The SMILES string of the molecule is O[C@](c1ccc2c(c1)CCCN2)(c1nc2ccccc2s1)C(F)(F)F. The van der Waals surface area contributed by atoms with Gasteiger partial charge in [-0.25, -0.2) is 4.98 Å². The molecule has 0 bridgehead atoms. The van der Waals surface area contributed by atoms with E-state index >= 15 is 0 Å². The van der Waals surface area contributed by atoms with Crippen LogP contribution in [0.5, 0.6) is 0 Å². The molecule has 0 spiro atoms. The maximum atomic E-state index is 13.9. The van der Waals surface area contributed by atoms with Crippen molar-refractivity contribution in [1.82, 2.24) is 4.98 Å². The largest absolute Gasteiger partial charge is 0.428 e. The van der Waals surface area contributed by atoms with E-state index < -0.39 is 11.8 Å². The molecule has 1 aromatic heterocycles. The lowest BCUT2D eigenvalue weighted by molar-refractivity contribution is -0.248. The number of hydrogen-bond donors (Lipinski definition) is 2. The minimum atomic E-state index is -4.88. The zero-order valence-electron chi connectivity index (χ0n) is 13.1. The van der Waals surface area contributed by atoms with Gasteiger partial charge in [0.1, 0.15) is 5.01 Å². The molecule has 2 aromatic carbocycles. The molecule has 25 heavy (non-hydrogen) atoms. The Morgan fingerprint density at radius 1 is 1.12 bits per heavy atom. The summed E-state index contributed by atoms with van der Waals surface area (Å²) in [5.74, 6) is 0. The van der Waals surface area contributed by atoms with E-state index in [1.54, 1.807) is 30.3 Å². The van der Waals surface area contributed by atoms with Gasteiger partial charge in [-0.15, -0.1) is 11.3 Å². The Kier molecular flexibility index (Phi) is 3.73. The molecular formula is C18H15F3N2OS. The summed E-state index contributed by atoms with van der Waals surface area (Å²) in [6, 6.07) is 11.2. The molecule has 0 unspecified atom stereocenters. The monoisotopic (exact) mass is 364 g/mol. The van der Waals surface area contributed by atoms with Gasteiger partial charge in [0, 0.05) is 17.8 Å². The van der Waals surface area contributed by atoms with Crippen molar-refractivity contribution < 1.29 is 18.3 Å². The van der Waals surface area contributed by atoms with Crippen LogP contribution >= 0.6 is 11.3 Å². The number of rotatable bonds is 2. The zero-order valence-corrected chi connectivity index (χ0v) is 13.9. The van der Waals surface area contributed by atoms with Crippen LogP contribution in [0.2, 0.25) is 0 Å². The topological polar surface area (TPSA) is 45.1 Å². The molecule has 1 atom stereocenters. The number of hydrogen-bond acceptors (Lipinski definition) is 4. The van der Waals surface area contributed by atoms with E-state index in [1.165, 1.54) is 12.1 Å². The lowest BCUT2D eigenvalue weighted by atomic mass is 9.90. The number of aliphatic hydroxyl groups is 1. The quantitative estimate of drug-likeness (QED) is 0.706. The van der Waals surface area contributed by atoms with Gasteiger partial charge >= 0.3 is 6.18 Å². The first-order valence-corrected chi connectivity index (χ1v) is 8.74. The summed E-state index contributed by atoms with van der Waals surface area (Å²) in [6.45, 7) is 0.799. The number of para-hydroxylation sites is 1. The molecule has 0 amide bonds. The molecule has 130 valence electrons. The number of nitrogens with zero attached hydrogens (tertiary/aromatic N) is 1. The maximum absolute atomic E-state index is 13.9. The fourth-order valence-electron chi connectivity index (χ4n) is 3.14. The van der Waals surface area contributed by atoms with Crippen molar-refractivity contribution in [3.63, 3.8) is 0 Å². The van der Waals surface area contributed by atoms with Crippen LogP contribution in [-0.2, 0) is 12.0 Å². The lowest BCUT2D eigenvalue weighted by Crippen LogP contribution is -2.43. The van der Waals surface area contributed by atoms with Crippen molar-refractivity contribution in [2.75, 3.05) is 11.9 Å². The molecule has 0 saturated heterocycles. The number of benzene rings is 2. The van der Waals surface area contributed by atoms with E-state index in [0.717, 1.165) is 35.6 Å². The Balaban J connectivity index is 1.90. The second kappa shape index (κ2) is 5.71. The number of aromatic nitrogens is 1. The van der Waals surface area contributed by atoms with E-state index in [2.05, 4.69) is 10.3 Å². The van der Waals surface area contributed by atoms with Crippen LogP contribution in [0.4, 0.5) is 18.9 Å². The minimum Gasteiger partial charge on any atom is -0.385 e. The first kappa shape index (κ1) is 16.4. The van der Waals surface area contributed by atoms with Crippen molar-refractivity contribution >= 4 is 27.2 Å². The van der Waals surface area contributed by atoms with Gasteiger partial charge in [-0.05, 0) is 36.6 Å². The van der Waals surface area contributed by atoms with Crippen LogP contribution in [0.25, 0.3) is 10.2 Å². The number of alkyl halides is 3. The molecule has 2 heterocycles. The summed E-state index contributed by atoms with van der Waals surface area (Å²) >= 11 is 0.867. The predicted octanol–water partition coefficient (Wildman–Crippen LogP) is 4.45. The molecule has 1 aliphatic heterocycles. The summed E-state index contributed by atoms with van der Waals surface area (Å²) < 4.78 is 42.4. The highest BCUT2D eigenvalue weighted by atomic mass is 32.1. The highest BCUT2D eigenvalue weighted by Crippen LogP contribution is 2.47. The van der Waals surface area contributed by atoms with Gasteiger partial charge < -0.3 is 10.4 Å². The fraction of sp³-hybridized carbons (Fsp3) is 0.278. The second-order valence-electron chi connectivity index (χ2n) is 6.10. The van der Waals surface area contributed by atoms with Crippen LogP contribution in [0.1, 0.15) is 22.6 Å². The third-order valence-corrected chi connectivity index (χ3v) is 5.62. The number of anilines is 1. The first-order valence-electron chi connectivity index (χ1n) is 7.92. The molecule has 7 heteroatoms. The second-order valence-corrected chi connectivity index (χ2v) is 7.13.